The molecule has 0 saturated carbocycles. The SMILES string of the molecule is CCCn1ccc(-c2nnc(SCC(=O)O)s2)n1. The summed E-state index contributed by atoms with van der Waals surface area (Å²) in [7, 11) is 0. The van der Waals surface area contributed by atoms with Crippen molar-refractivity contribution in [3.05, 3.63) is 12.3 Å². The number of carboxylic acids is 1. The molecule has 96 valence electrons. The molecule has 8 heteroatoms. The minimum absolute atomic E-state index is 0.00108. The van der Waals surface area contributed by atoms with Gasteiger partial charge in [-0.25, -0.2) is 0 Å². The van der Waals surface area contributed by atoms with Gasteiger partial charge in [0.25, 0.3) is 0 Å². The highest BCUT2D eigenvalue weighted by Gasteiger charge is 2.11. The lowest BCUT2D eigenvalue weighted by atomic mass is 10.5. The van der Waals surface area contributed by atoms with Gasteiger partial charge in [-0.15, -0.1) is 10.2 Å². The number of aryl methyl sites for hydroxylation is 1. The van der Waals surface area contributed by atoms with Crippen molar-refractivity contribution in [2.24, 2.45) is 0 Å². The second-order valence-corrected chi connectivity index (χ2v) is 5.72. The first-order valence-corrected chi connectivity index (χ1v) is 7.21. The molecule has 0 aliphatic carbocycles. The summed E-state index contributed by atoms with van der Waals surface area (Å²) in [5, 5.41) is 21.6. The van der Waals surface area contributed by atoms with Gasteiger partial charge in [-0.3, -0.25) is 9.48 Å². The molecule has 2 rings (SSSR count). The maximum Gasteiger partial charge on any atom is 0.313 e. The van der Waals surface area contributed by atoms with Gasteiger partial charge in [0.2, 0.25) is 0 Å². The third-order valence-electron chi connectivity index (χ3n) is 2.04. The van der Waals surface area contributed by atoms with Crippen LogP contribution in [0.3, 0.4) is 0 Å². The van der Waals surface area contributed by atoms with Crippen LogP contribution in [-0.2, 0) is 11.3 Å². The summed E-state index contributed by atoms with van der Waals surface area (Å²) >= 11 is 2.53. The fourth-order valence-electron chi connectivity index (χ4n) is 1.32. The molecule has 2 heterocycles. The van der Waals surface area contributed by atoms with Gasteiger partial charge in [0.1, 0.15) is 5.69 Å². The highest BCUT2D eigenvalue weighted by atomic mass is 32.2. The zero-order valence-electron chi connectivity index (χ0n) is 9.74. The molecular weight excluding hydrogens is 272 g/mol. The second kappa shape index (κ2) is 5.96. The van der Waals surface area contributed by atoms with Crippen LogP contribution in [0.4, 0.5) is 0 Å². The summed E-state index contributed by atoms with van der Waals surface area (Å²) in [5.74, 6) is -0.859. The minimum Gasteiger partial charge on any atom is -0.481 e. The molecule has 0 saturated heterocycles. The van der Waals surface area contributed by atoms with E-state index in [-0.39, 0.29) is 5.75 Å². The predicted molar refractivity (Wildman–Crippen MR) is 69.8 cm³/mol. The Morgan fingerprint density at radius 1 is 1.56 bits per heavy atom. The summed E-state index contributed by atoms with van der Waals surface area (Å²) in [4.78, 5) is 10.4. The third kappa shape index (κ3) is 3.30. The van der Waals surface area contributed by atoms with Crippen LogP contribution in [0.5, 0.6) is 0 Å². The van der Waals surface area contributed by atoms with Crippen molar-refractivity contribution in [2.75, 3.05) is 5.75 Å². The molecule has 6 nitrogen and oxygen atoms in total. The topological polar surface area (TPSA) is 80.9 Å². The van der Waals surface area contributed by atoms with Crippen LogP contribution in [0.25, 0.3) is 10.7 Å². The van der Waals surface area contributed by atoms with Crippen molar-refractivity contribution in [1.82, 2.24) is 20.0 Å². The molecule has 2 aromatic heterocycles. The van der Waals surface area contributed by atoms with Crippen molar-refractivity contribution in [1.29, 1.82) is 0 Å². The average Bonchev–Trinajstić information content (AvgIpc) is 2.94. The zero-order chi connectivity index (χ0) is 13.0. The maximum absolute atomic E-state index is 10.4. The summed E-state index contributed by atoms with van der Waals surface area (Å²) in [6, 6.07) is 1.89. The lowest BCUT2D eigenvalue weighted by Gasteiger charge is -1.94. The summed E-state index contributed by atoms with van der Waals surface area (Å²) in [6.07, 6.45) is 2.93. The Balaban J connectivity index is 2.06. The van der Waals surface area contributed by atoms with Crippen LogP contribution in [0.2, 0.25) is 0 Å². The summed E-state index contributed by atoms with van der Waals surface area (Å²) in [5.41, 5.74) is 0.781. The monoisotopic (exact) mass is 284 g/mol. The molecule has 0 aliphatic rings. The molecule has 0 fully saturated rings. The van der Waals surface area contributed by atoms with Crippen molar-refractivity contribution in [2.45, 2.75) is 24.2 Å². The van der Waals surface area contributed by atoms with Crippen LogP contribution in [0, 0.1) is 0 Å². The number of hydrogen-bond acceptors (Lipinski definition) is 6. The Morgan fingerprint density at radius 2 is 2.39 bits per heavy atom. The van der Waals surface area contributed by atoms with Crippen LogP contribution < -0.4 is 0 Å². The first-order chi connectivity index (χ1) is 8.69. The van der Waals surface area contributed by atoms with Crippen molar-refractivity contribution in [3.63, 3.8) is 0 Å². The van der Waals surface area contributed by atoms with Gasteiger partial charge in [0.05, 0.1) is 5.75 Å². The Labute approximate surface area is 112 Å². The predicted octanol–water partition coefficient (Wildman–Crippen LogP) is 1.99. The van der Waals surface area contributed by atoms with Crippen LogP contribution in [0.15, 0.2) is 16.6 Å². The molecule has 0 radical (unpaired) electrons. The van der Waals surface area contributed by atoms with E-state index >= 15 is 0 Å². The highest BCUT2D eigenvalue weighted by molar-refractivity contribution is 8.01. The molecule has 0 amide bonds. The summed E-state index contributed by atoms with van der Waals surface area (Å²) in [6.45, 7) is 2.96. The van der Waals surface area contributed by atoms with Gasteiger partial charge in [-0.2, -0.15) is 5.10 Å². The van der Waals surface area contributed by atoms with Crippen molar-refractivity contribution < 1.29 is 9.90 Å². The number of hydrogen-bond donors (Lipinski definition) is 1. The Kier molecular flexibility index (Phi) is 4.32. The molecule has 18 heavy (non-hydrogen) atoms. The van der Waals surface area contributed by atoms with E-state index in [1.165, 1.54) is 23.1 Å². The average molecular weight is 284 g/mol. The first-order valence-electron chi connectivity index (χ1n) is 5.41. The maximum atomic E-state index is 10.4. The number of thioether (sulfide) groups is 1. The largest absolute Gasteiger partial charge is 0.481 e. The van der Waals surface area contributed by atoms with E-state index in [4.69, 9.17) is 5.11 Å². The Hall–Kier alpha value is -1.41. The third-order valence-corrected chi connectivity index (χ3v) is 4.10. The van der Waals surface area contributed by atoms with E-state index in [0.29, 0.717) is 4.34 Å². The van der Waals surface area contributed by atoms with Crippen LogP contribution in [-0.4, -0.2) is 36.8 Å². The molecule has 0 atom stereocenters. The van der Waals surface area contributed by atoms with Crippen LogP contribution >= 0.6 is 23.1 Å². The molecule has 0 aliphatic heterocycles. The lowest BCUT2D eigenvalue weighted by Crippen LogP contribution is -1.96. The van der Waals surface area contributed by atoms with E-state index < -0.39 is 5.97 Å². The van der Waals surface area contributed by atoms with Gasteiger partial charge in [-0.1, -0.05) is 30.0 Å². The first kappa shape index (κ1) is 13.0. The summed E-state index contributed by atoms with van der Waals surface area (Å²) < 4.78 is 2.51. The zero-order valence-corrected chi connectivity index (χ0v) is 11.4. The van der Waals surface area contributed by atoms with E-state index in [0.717, 1.165) is 23.7 Å². The number of nitrogens with zero attached hydrogens (tertiary/aromatic N) is 4. The number of aliphatic carboxylic acids is 1. The smallest absolute Gasteiger partial charge is 0.313 e. The van der Waals surface area contributed by atoms with Crippen molar-refractivity contribution >= 4 is 29.1 Å². The van der Waals surface area contributed by atoms with Gasteiger partial charge in [0.15, 0.2) is 9.35 Å². The lowest BCUT2D eigenvalue weighted by molar-refractivity contribution is -0.133. The van der Waals surface area contributed by atoms with Gasteiger partial charge in [0, 0.05) is 12.7 Å². The van der Waals surface area contributed by atoms with Gasteiger partial charge < -0.3 is 5.11 Å². The molecule has 0 unspecified atom stereocenters. The van der Waals surface area contributed by atoms with Gasteiger partial charge in [-0.05, 0) is 12.5 Å². The highest BCUT2D eigenvalue weighted by Crippen LogP contribution is 2.28. The molecule has 0 aromatic carbocycles. The van der Waals surface area contributed by atoms with E-state index in [1.807, 2.05) is 16.9 Å². The minimum atomic E-state index is -0.857. The molecule has 2 aromatic rings. The molecular formula is C10H12N4O2S2. The molecule has 0 spiro atoms. The number of carboxylic acid groups (broad SMARTS) is 1. The number of rotatable bonds is 6. The van der Waals surface area contributed by atoms with Crippen molar-refractivity contribution in [3.8, 4) is 10.7 Å². The quantitative estimate of drug-likeness (QED) is 0.817. The normalized spacial score (nSPS) is 10.7. The standard InChI is InChI=1S/C10H12N4O2S2/c1-2-4-14-5-3-7(13-14)9-11-12-10(18-9)17-6-8(15)16/h3,5H,2,4,6H2,1H3,(H,15,16). The molecule has 0 bridgehead atoms. The van der Waals surface area contributed by atoms with Gasteiger partial charge >= 0.3 is 5.97 Å². The number of carbonyl (C=O) groups is 1. The van der Waals surface area contributed by atoms with E-state index in [2.05, 4.69) is 22.2 Å². The fourth-order valence-corrected chi connectivity index (χ4v) is 2.86. The Morgan fingerprint density at radius 3 is 3.11 bits per heavy atom. The van der Waals surface area contributed by atoms with E-state index in [1.54, 1.807) is 0 Å². The second-order valence-electron chi connectivity index (χ2n) is 3.52. The van der Waals surface area contributed by atoms with E-state index in [9.17, 15) is 4.79 Å². The number of aromatic nitrogens is 4. The Bertz CT molecular complexity index is 537. The van der Waals surface area contributed by atoms with Crippen LogP contribution in [0.1, 0.15) is 13.3 Å². The fraction of sp³-hybridized carbons (Fsp3) is 0.400. The molecule has 1 N–H and O–H groups in total.